The highest BCUT2D eigenvalue weighted by Gasteiger charge is 2.25. The van der Waals surface area contributed by atoms with E-state index in [4.69, 9.17) is 23.2 Å². The largest absolute Gasteiger partial charge is 0.481 e. The number of piperazine rings is 1. The van der Waals surface area contributed by atoms with Crippen LogP contribution in [0.25, 0.3) is 6.08 Å². The fourth-order valence-corrected chi connectivity index (χ4v) is 6.99. The van der Waals surface area contributed by atoms with Crippen LogP contribution in [0.15, 0.2) is 52.3 Å². The lowest BCUT2D eigenvalue weighted by Crippen LogP contribution is -2.50. The van der Waals surface area contributed by atoms with Crippen LogP contribution in [0.3, 0.4) is 0 Å². The third-order valence-corrected chi connectivity index (χ3v) is 10.3. The zero-order valence-corrected chi connectivity index (χ0v) is 25.0. The second-order valence-electron chi connectivity index (χ2n) is 9.61. The average molecular weight is 612 g/mol. The molecule has 0 bridgehead atoms. The Bertz CT molecular complexity index is 1260. The number of carbonyl (C=O) groups excluding carboxylic acids is 1. The summed E-state index contributed by atoms with van der Waals surface area (Å²) in [7, 11) is 3.53. The minimum absolute atomic E-state index is 0.125. The van der Waals surface area contributed by atoms with E-state index >= 15 is 0 Å². The molecular formula is C27H32Cl2N4O4S2. The second-order valence-corrected chi connectivity index (χ2v) is 13.2. The van der Waals surface area contributed by atoms with Gasteiger partial charge in [-0.05, 0) is 48.7 Å². The van der Waals surface area contributed by atoms with Gasteiger partial charge in [0, 0.05) is 74.9 Å². The predicted octanol–water partition coefficient (Wildman–Crippen LogP) is 4.74. The number of carboxylic acid groups (broad SMARTS) is 1. The first-order valence-electron chi connectivity index (χ1n) is 12.7. The number of carbonyl (C=O) groups is 2. The molecule has 4 rings (SSSR count). The van der Waals surface area contributed by atoms with Crippen LogP contribution in [-0.2, 0) is 20.8 Å². The zero-order chi connectivity index (χ0) is 28.1. The number of rotatable bonds is 8. The maximum Gasteiger partial charge on any atom is 0.306 e. The Labute approximate surface area is 246 Å². The van der Waals surface area contributed by atoms with Crippen LogP contribution < -0.4 is 4.90 Å². The van der Waals surface area contributed by atoms with Gasteiger partial charge in [0.15, 0.2) is 11.2 Å². The van der Waals surface area contributed by atoms with Gasteiger partial charge in [0.05, 0.1) is 16.0 Å². The third kappa shape index (κ3) is 7.56. The van der Waals surface area contributed by atoms with Crippen LogP contribution in [0, 0.1) is 5.92 Å². The van der Waals surface area contributed by atoms with Gasteiger partial charge in [-0.1, -0.05) is 47.1 Å². The van der Waals surface area contributed by atoms with Crippen molar-refractivity contribution in [3.05, 3.63) is 58.1 Å². The molecule has 39 heavy (non-hydrogen) atoms. The van der Waals surface area contributed by atoms with E-state index in [1.807, 2.05) is 34.6 Å². The van der Waals surface area contributed by atoms with E-state index in [1.54, 1.807) is 29.4 Å². The summed E-state index contributed by atoms with van der Waals surface area (Å²) in [4.78, 5) is 29.7. The molecule has 2 aliphatic heterocycles. The molecule has 1 unspecified atom stereocenters. The minimum atomic E-state index is -1.19. The number of anilines is 1. The van der Waals surface area contributed by atoms with Gasteiger partial charge in [-0.25, -0.2) is 12.8 Å². The summed E-state index contributed by atoms with van der Waals surface area (Å²) in [6.07, 6.45) is 4.45. The van der Waals surface area contributed by atoms with Crippen molar-refractivity contribution < 1.29 is 18.9 Å². The summed E-state index contributed by atoms with van der Waals surface area (Å²) in [6, 6.07) is 11.8. The molecule has 210 valence electrons. The summed E-state index contributed by atoms with van der Waals surface area (Å²) < 4.78 is 15.7. The third-order valence-electron chi connectivity index (χ3n) is 6.82. The molecule has 0 spiro atoms. The number of halogens is 2. The molecular weight excluding hydrogens is 579 g/mol. The first kappa shape index (κ1) is 29.9. The molecule has 1 N–H and O–H groups in total. The van der Waals surface area contributed by atoms with Crippen LogP contribution in [0.1, 0.15) is 18.4 Å². The van der Waals surface area contributed by atoms with E-state index in [0.717, 1.165) is 15.5 Å². The summed E-state index contributed by atoms with van der Waals surface area (Å²) >= 11 is 13.5. The van der Waals surface area contributed by atoms with Crippen molar-refractivity contribution in [2.45, 2.75) is 22.6 Å². The standard InChI is InChI=1S/C27H32Cl2N4O4S2/c1-30(2)39(37)33-16-14-32(15-17-33)24(34)9-7-19-6-8-23(26(29)25(19)28)38-22-5-3-4-21(18-22)31-12-10-20(11-13-31)27(35)36/h3-9,18,20H,10-17H2,1-2H3,(H,35,36). The monoisotopic (exact) mass is 610 g/mol. The fraction of sp³-hybridized carbons (Fsp3) is 0.407. The molecule has 8 nitrogen and oxygen atoms in total. The first-order chi connectivity index (χ1) is 18.6. The highest BCUT2D eigenvalue weighted by atomic mass is 35.5. The molecule has 1 amide bonds. The Hall–Kier alpha value is -2.08. The molecule has 0 saturated carbocycles. The van der Waals surface area contributed by atoms with Crippen LogP contribution in [0.2, 0.25) is 10.0 Å². The van der Waals surface area contributed by atoms with Crippen LogP contribution in [-0.4, -0.2) is 88.1 Å². The average Bonchev–Trinajstić information content (AvgIpc) is 2.94. The summed E-state index contributed by atoms with van der Waals surface area (Å²) in [5, 5.41) is 10.1. The highest BCUT2D eigenvalue weighted by molar-refractivity contribution is 7.99. The lowest BCUT2D eigenvalue weighted by Gasteiger charge is -2.34. The van der Waals surface area contributed by atoms with Gasteiger partial charge < -0.3 is 14.9 Å². The summed E-state index contributed by atoms with van der Waals surface area (Å²) in [6.45, 7) is 3.52. The Kier molecular flexibility index (Phi) is 10.4. The van der Waals surface area contributed by atoms with Gasteiger partial charge in [-0.15, -0.1) is 0 Å². The predicted molar refractivity (Wildman–Crippen MR) is 159 cm³/mol. The van der Waals surface area contributed by atoms with E-state index in [1.165, 1.54) is 17.8 Å². The number of hydrogen-bond donors (Lipinski definition) is 1. The first-order valence-corrected chi connectivity index (χ1v) is 15.3. The Morgan fingerprint density at radius 3 is 2.36 bits per heavy atom. The van der Waals surface area contributed by atoms with E-state index in [9.17, 15) is 18.9 Å². The summed E-state index contributed by atoms with van der Waals surface area (Å²) in [5.41, 5.74) is 1.71. The van der Waals surface area contributed by atoms with E-state index < -0.39 is 17.1 Å². The number of nitrogens with zero attached hydrogens (tertiary/aromatic N) is 4. The van der Waals surface area contributed by atoms with E-state index in [0.29, 0.717) is 67.7 Å². The van der Waals surface area contributed by atoms with E-state index in [-0.39, 0.29) is 11.8 Å². The van der Waals surface area contributed by atoms with Crippen LogP contribution >= 0.6 is 35.0 Å². The number of piperidine rings is 1. The molecule has 12 heteroatoms. The van der Waals surface area contributed by atoms with Gasteiger partial charge in [0.25, 0.3) is 0 Å². The van der Waals surface area contributed by atoms with Crippen LogP contribution in [0.5, 0.6) is 0 Å². The highest BCUT2D eigenvalue weighted by Crippen LogP contribution is 2.40. The van der Waals surface area contributed by atoms with Crippen molar-refractivity contribution in [2.75, 3.05) is 58.3 Å². The Morgan fingerprint density at radius 2 is 1.72 bits per heavy atom. The number of benzene rings is 2. The van der Waals surface area contributed by atoms with Crippen molar-refractivity contribution in [2.24, 2.45) is 5.92 Å². The topological polar surface area (TPSA) is 84.4 Å². The molecule has 2 saturated heterocycles. The van der Waals surface area contributed by atoms with Crippen LogP contribution in [0.4, 0.5) is 5.69 Å². The van der Waals surface area contributed by atoms with Crippen molar-refractivity contribution in [3.63, 3.8) is 0 Å². The normalized spacial score (nSPS) is 18.2. The minimum Gasteiger partial charge on any atom is -0.481 e. The number of carboxylic acids is 1. The van der Waals surface area contributed by atoms with E-state index in [2.05, 4.69) is 11.0 Å². The van der Waals surface area contributed by atoms with Crippen molar-refractivity contribution >= 4 is 69.8 Å². The Morgan fingerprint density at radius 1 is 1.03 bits per heavy atom. The van der Waals surface area contributed by atoms with Gasteiger partial charge in [0.2, 0.25) is 5.91 Å². The number of hydrogen-bond acceptors (Lipinski definition) is 5. The SMILES string of the molecule is CN(C)S(=O)N1CCN(C(=O)C=Cc2ccc(Sc3cccc(N4CCC(C(=O)O)CC4)c3)c(Cl)c2Cl)CC1. The molecule has 1 atom stereocenters. The fourth-order valence-electron chi connectivity index (χ4n) is 4.57. The lowest BCUT2D eigenvalue weighted by molar-refractivity contribution is -0.142. The molecule has 0 aliphatic carbocycles. The Balaban J connectivity index is 1.37. The molecule has 0 aromatic heterocycles. The smallest absolute Gasteiger partial charge is 0.306 e. The van der Waals surface area contributed by atoms with Crippen molar-refractivity contribution in [1.29, 1.82) is 0 Å². The quantitative estimate of drug-likeness (QED) is 0.435. The molecule has 0 radical (unpaired) electrons. The molecule has 2 aliphatic rings. The zero-order valence-electron chi connectivity index (χ0n) is 21.9. The maximum absolute atomic E-state index is 12.7. The maximum atomic E-state index is 12.7. The molecule has 2 fully saturated rings. The molecule has 2 aromatic carbocycles. The molecule has 2 aromatic rings. The van der Waals surface area contributed by atoms with Gasteiger partial charge in [0.1, 0.15) is 0 Å². The summed E-state index contributed by atoms with van der Waals surface area (Å²) in [5.74, 6) is -1.11. The molecule has 2 heterocycles. The van der Waals surface area contributed by atoms with Crippen molar-refractivity contribution in [1.82, 2.24) is 13.5 Å². The van der Waals surface area contributed by atoms with Crippen molar-refractivity contribution in [3.8, 4) is 0 Å². The number of amides is 1. The van der Waals surface area contributed by atoms with Gasteiger partial charge in [-0.2, -0.15) is 0 Å². The lowest BCUT2D eigenvalue weighted by atomic mass is 9.97. The van der Waals surface area contributed by atoms with Gasteiger partial charge >= 0.3 is 5.97 Å². The number of aliphatic carboxylic acids is 1. The second kappa shape index (κ2) is 13.5. The van der Waals surface area contributed by atoms with Gasteiger partial charge in [-0.3, -0.25) is 9.59 Å².